The Morgan fingerprint density at radius 1 is 0.964 bits per heavy atom. The second-order valence-electron chi connectivity index (χ2n) is 6.08. The van der Waals surface area contributed by atoms with Crippen molar-refractivity contribution in [2.24, 2.45) is 22.2 Å². The number of carbonyl (C=O) groups is 3. The molecule has 0 unspecified atom stereocenters. The number of nitrogens with zero attached hydrogens (tertiary/aromatic N) is 1. The van der Waals surface area contributed by atoms with Gasteiger partial charge in [-0.25, -0.2) is 4.79 Å². The highest BCUT2D eigenvalue weighted by Crippen LogP contribution is 2.05. The number of hydrogen-bond donors (Lipinski definition) is 6. The molecule has 0 aliphatic heterocycles. The van der Waals surface area contributed by atoms with E-state index in [0.717, 1.165) is 0 Å². The maximum absolute atomic E-state index is 12.6. The molecule has 0 aromatic rings. The average molecular weight is 437 g/mol. The largest absolute Gasteiger partial charge is 0.480 e. The SMILES string of the molecule is CSCC[C@H](NC(=O)[C@H](CCCN=C(N)N)NC(=O)[C@@H](N)CCSC)C(=O)O. The number of rotatable bonds is 15. The van der Waals surface area contributed by atoms with E-state index in [1.54, 1.807) is 11.8 Å². The van der Waals surface area contributed by atoms with Crippen molar-refractivity contribution < 1.29 is 19.5 Å². The monoisotopic (exact) mass is 436 g/mol. The molecule has 0 fully saturated rings. The Labute approximate surface area is 174 Å². The first-order valence-corrected chi connectivity index (χ1v) is 11.6. The predicted octanol–water partition coefficient (Wildman–Crippen LogP) is -1.07. The van der Waals surface area contributed by atoms with E-state index in [9.17, 15) is 19.5 Å². The van der Waals surface area contributed by atoms with Crippen molar-refractivity contribution in [1.82, 2.24) is 10.6 Å². The zero-order valence-electron chi connectivity index (χ0n) is 16.3. The molecule has 0 radical (unpaired) electrons. The average Bonchev–Trinajstić information content (AvgIpc) is 2.64. The Bertz CT molecular complexity index is 531. The van der Waals surface area contributed by atoms with Gasteiger partial charge in [-0.2, -0.15) is 23.5 Å². The number of amides is 2. The minimum atomic E-state index is -1.12. The lowest BCUT2D eigenvalue weighted by Crippen LogP contribution is -2.54. The number of carboxylic acids is 1. The molecule has 0 aliphatic rings. The second kappa shape index (κ2) is 15.3. The first kappa shape index (κ1) is 26.3. The van der Waals surface area contributed by atoms with Crippen LogP contribution in [0.3, 0.4) is 0 Å². The van der Waals surface area contributed by atoms with Crippen molar-refractivity contribution in [3.8, 4) is 0 Å². The molecule has 0 bridgehead atoms. The molecular weight excluding hydrogens is 404 g/mol. The maximum Gasteiger partial charge on any atom is 0.326 e. The lowest BCUT2D eigenvalue weighted by Gasteiger charge is -2.22. The first-order valence-electron chi connectivity index (χ1n) is 8.85. The van der Waals surface area contributed by atoms with Crippen LogP contribution >= 0.6 is 23.5 Å². The van der Waals surface area contributed by atoms with E-state index in [-0.39, 0.29) is 25.3 Å². The van der Waals surface area contributed by atoms with Crippen LogP contribution in [0.5, 0.6) is 0 Å². The number of hydrogen-bond acceptors (Lipinski definition) is 7. The van der Waals surface area contributed by atoms with Gasteiger partial charge in [-0.15, -0.1) is 0 Å². The maximum atomic E-state index is 12.6. The fourth-order valence-electron chi connectivity index (χ4n) is 2.19. The molecule has 10 nitrogen and oxygen atoms in total. The molecule has 3 atom stereocenters. The molecule has 162 valence electrons. The summed E-state index contributed by atoms with van der Waals surface area (Å²) < 4.78 is 0. The quantitative estimate of drug-likeness (QED) is 0.106. The van der Waals surface area contributed by atoms with Gasteiger partial charge in [0.25, 0.3) is 0 Å². The van der Waals surface area contributed by atoms with E-state index >= 15 is 0 Å². The molecule has 0 aliphatic carbocycles. The summed E-state index contributed by atoms with van der Waals surface area (Å²) in [6.45, 7) is 0.287. The number of aliphatic carboxylic acids is 1. The van der Waals surface area contributed by atoms with Crippen LogP contribution in [0.25, 0.3) is 0 Å². The fourth-order valence-corrected chi connectivity index (χ4v) is 3.15. The Balaban J connectivity index is 5.01. The number of thioether (sulfide) groups is 2. The third-order valence-electron chi connectivity index (χ3n) is 3.77. The van der Waals surface area contributed by atoms with E-state index in [0.29, 0.717) is 24.3 Å². The molecule has 0 spiro atoms. The number of guanidine groups is 1. The van der Waals surface area contributed by atoms with Gasteiger partial charge in [0.15, 0.2) is 5.96 Å². The van der Waals surface area contributed by atoms with E-state index in [1.165, 1.54) is 11.8 Å². The van der Waals surface area contributed by atoms with Crippen molar-refractivity contribution in [2.75, 3.05) is 30.6 Å². The van der Waals surface area contributed by atoms with Gasteiger partial charge in [-0.3, -0.25) is 14.6 Å². The van der Waals surface area contributed by atoms with E-state index in [2.05, 4.69) is 15.6 Å². The number of carboxylic acid groups (broad SMARTS) is 1. The standard InChI is InChI=1S/C16H32N6O4S2/c1-27-8-5-10(17)13(23)21-11(4-3-7-20-16(18)19)14(24)22-12(15(25)26)6-9-28-2/h10-12H,3-9,17H2,1-2H3,(H,21,23)(H,22,24)(H,25,26)(H4,18,19,20)/t10-,11-,12-/m0/s1. The zero-order chi connectivity index (χ0) is 21.5. The summed E-state index contributed by atoms with van der Waals surface area (Å²) in [6.07, 6.45) is 5.19. The van der Waals surface area contributed by atoms with Gasteiger partial charge in [0.2, 0.25) is 11.8 Å². The molecule has 0 rings (SSSR count). The van der Waals surface area contributed by atoms with E-state index in [1.807, 2.05) is 12.5 Å². The lowest BCUT2D eigenvalue weighted by molar-refractivity contribution is -0.142. The molecular formula is C16H32N6O4S2. The smallest absolute Gasteiger partial charge is 0.326 e. The minimum absolute atomic E-state index is 0.0628. The van der Waals surface area contributed by atoms with Gasteiger partial charge < -0.3 is 32.9 Å². The Kier molecular flexibility index (Phi) is 14.4. The minimum Gasteiger partial charge on any atom is -0.480 e. The Morgan fingerprint density at radius 3 is 2.07 bits per heavy atom. The normalized spacial score (nSPS) is 13.8. The highest BCUT2D eigenvalue weighted by molar-refractivity contribution is 7.98. The molecule has 0 saturated heterocycles. The topological polar surface area (TPSA) is 186 Å². The van der Waals surface area contributed by atoms with Crippen LogP contribution in [-0.2, 0) is 14.4 Å². The van der Waals surface area contributed by atoms with Crippen molar-refractivity contribution >= 4 is 47.3 Å². The Hall–Kier alpha value is -1.66. The number of nitrogens with one attached hydrogen (secondary N) is 2. The van der Waals surface area contributed by atoms with Crippen LogP contribution in [-0.4, -0.2) is 77.5 Å². The first-order chi connectivity index (χ1) is 13.2. The van der Waals surface area contributed by atoms with Crippen LogP contribution in [0.1, 0.15) is 25.7 Å². The summed E-state index contributed by atoms with van der Waals surface area (Å²) in [5.74, 6) is -0.906. The van der Waals surface area contributed by atoms with Crippen molar-refractivity contribution in [3.63, 3.8) is 0 Å². The van der Waals surface area contributed by atoms with Gasteiger partial charge in [-0.05, 0) is 49.7 Å². The van der Waals surface area contributed by atoms with Gasteiger partial charge >= 0.3 is 5.97 Å². The number of nitrogens with two attached hydrogens (primary N) is 3. The van der Waals surface area contributed by atoms with E-state index < -0.39 is 35.9 Å². The Morgan fingerprint density at radius 2 is 1.54 bits per heavy atom. The molecule has 0 aromatic carbocycles. The molecule has 2 amide bonds. The third kappa shape index (κ3) is 11.9. The molecule has 12 heteroatoms. The van der Waals surface area contributed by atoms with Crippen molar-refractivity contribution in [1.29, 1.82) is 0 Å². The van der Waals surface area contributed by atoms with Crippen LogP contribution in [0.4, 0.5) is 0 Å². The van der Waals surface area contributed by atoms with Gasteiger partial charge in [0, 0.05) is 6.54 Å². The van der Waals surface area contributed by atoms with Crippen LogP contribution in [0.15, 0.2) is 4.99 Å². The highest BCUT2D eigenvalue weighted by atomic mass is 32.2. The summed E-state index contributed by atoms with van der Waals surface area (Å²) in [5, 5.41) is 14.4. The third-order valence-corrected chi connectivity index (χ3v) is 5.06. The number of carbonyl (C=O) groups excluding carboxylic acids is 2. The van der Waals surface area contributed by atoms with Gasteiger partial charge in [-0.1, -0.05) is 0 Å². The van der Waals surface area contributed by atoms with E-state index in [4.69, 9.17) is 17.2 Å². The van der Waals surface area contributed by atoms with Crippen molar-refractivity contribution in [2.45, 2.75) is 43.8 Å². The molecule has 0 saturated carbocycles. The lowest BCUT2D eigenvalue weighted by atomic mass is 10.1. The molecule has 0 aromatic heterocycles. The van der Waals surface area contributed by atoms with Crippen LogP contribution < -0.4 is 27.8 Å². The summed E-state index contributed by atoms with van der Waals surface area (Å²) in [4.78, 5) is 40.1. The fraction of sp³-hybridized carbons (Fsp3) is 0.750. The summed E-state index contributed by atoms with van der Waals surface area (Å²) in [7, 11) is 0. The molecule has 0 heterocycles. The second-order valence-corrected chi connectivity index (χ2v) is 8.05. The molecule has 9 N–H and O–H groups in total. The number of aliphatic imine (C=N–C) groups is 1. The highest BCUT2D eigenvalue weighted by Gasteiger charge is 2.27. The van der Waals surface area contributed by atoms with Gasteiger partial charge in [0.1, 0.15) is 12.1 Å². The summed E-state index contributed by atoms with van der Waals surface area (Å²) in [5.41, 5.74) is 16.4. The summed E-state index contributed by atoms with van der Waals surface area (Å²) in [6, 6.07) is -2.69. The van der Waals surface area contributed by atoms with Crippen LogP contribution in [0.2, 0.25) is 0 Å². The zero-order valence-corrected chi connectivity index (χ0v) is 18.0. The van der Waals surface area contributed by atoms with Crippen molar-refractivity contribution in [3.05, 3.63) is 0 Å². The van der Waals surface area contributed by atoms with Crippen LogP contribution in [0, 0.1) is 0 Å². The van der Waals surface area contributed by atoms with Gasteiger partial charge in [0.05, 0.1) is 6.04 Å². The predicted molar refractivity (Wildman–Crippen MR) is 115 cm³/mol. The molecule has 28 heavy (non-hydrogen) atoms. The summed E-state index contributed by atoms with van der Waals surface area (Å²) >= 11 is 3.05.